The molecule has 1 rings (SSSR count). The zero-order chi connectivity index (χ0) is 17.5. The number of aliphatic imine (C=N–C) groups is 1. The fourth-order valence-corrected chi connectivity index (χ4v) is 2.71. The summed E-state index contributed by atoms with van der Waals surface area (Å²) in [6.07, 6.45) is 8.43. The number of carbonyl (C=O) groups is 1. The summed E-state index contributed by atoms with van der Waals surface area (Å²) in [6.45, 7) is 7.95. The highest BCUT2D eigenvalue weighted by Crippen LogP contribution is 2.17. The van der Waals surface area contributed by atoms with Crippen LogP contribution in [-0.2, 0) is 9.53 Å². The molecule has 0 aliphatic heterocycles. The van der Waals surface area contributed by atoms with Crippen molar-refractivity contribution in [3.63, 3.8) is 0 Å². The van der Waals surface area contributed by atoms with Crippen LogP contribution in [-0.4, -0.2) is 50.8 Å². The number of ether oxygens (including phenoxy) is 1. The summed E-state index contributed by atoms with van der Waals surface area (Å²) in [5, 5.41) is 9.54. The maximum absolute atomic E-state index is 11.9. The van der Waals surface area contributed by atoms with E-state index in [4.69, 9.17) is 4.74 Å². The van der Waals surface area contributed by atoms with Gasteiger partial charge in [0.25, 0.3) is 0 Å². The van der Waals surface area contributed by atoms with Gasteiger partial charge in [0.2, 0.25) is 5.91 Å². The molecule has 1 aliphatic rings. The van der Waals surface area contributed by atoms with E-state index in [1.165, 1.54) is 19.3 Å². The predicted octanol–water partition coefficient (Wildman–Crippen LogP) is 2.82. The predicted molar refractivity (Wildman–Crippen MR) is 115 cm³/mol. The molecule has 148 valence electrons. The molecule has 1 amide bonds. The van der Waals surface area contributed by atoms with E-state index < -0.39 is 0 Å². The van der Waals surface area contributed by atoms with Gasteiger partial charge in [0, 0.05) is 45.3 Å². The van der Waals surface area contributed by atoms with Crippen molar-refractivity contribution < 1.29 is 9.53 Å². The smallest absolute Gasteiger partial charge is 0.221 e. The van der Waals surface area contributed by atoms with Crippen molar-refractivity contribution in [3.05, 3.63) is 0 Å². The first-order valence-corrected chi connectivity index (χ1v) is 9.65. The maximum Gasteiger partial charge on any atom is 0.221 e. The van der Waals surface area contributed by atoms with Gasteiger partial charge in [0.15, 0.2) is 5.96 Å². The largest absolute Gasteiger partial charge is 0.381 e. The summed E-state index contributed by atoms with van der Waals surface area (Å²) < 4.78 is 5.53. The number of unbranched alkanes of at least 4 members (excludes halogenated alkanes) is 1. The van der Waals surface area contributed by atoms with Crippen molar-refractivity contribution in [1.29, 1.82) is 0 Å². The van der Waals surface area contributed by atoms with E-state index in [0.29, 0.717) is 19.0 Å². The quantitative estimate of drug-likeness (QED) is 0.178. The molecule has 0 radical (unpaired) electrons. The lowest BCUT2D eigenvalue weighted by Crippen LogP contribution is -2.40. The topological polar surface area (TPSA) is 74.8 Å². The highest BCUT2D eigenvalue weighted by Gasteiger charge is 2.16. The highest BCUT2D eigenvalue weighted by atomic mass is 127. The van der Waals surface area contributed by atoms with Gasteiger partial charge in [0.05, 0.1) is 0 Å². The molecule has 1 saturated carbocycles. The molecule has 0 spiro atoms. The molecule has 0 aromatic carbocycles. The molecule has 0 aromatic heterocycles. The Hall–Kier alpha value is -0.570. The van der Waals surface area contributed by atoms with Crippen molar-refractivity contribution >= 4 is 35.8 Å². The van der Waals surface area contributed by atoms with Crippen molar-refractivity contribution in [2.24, 2.45) is 4.99 Å². The molecule has 1 aliphatic carbocycles. The number of carbonyl (C=O) groups excluding carboxylic acids is 1. The summed E-state index contributed by atoms with van der Waals surface area (Å²) in [6, 6.07) is 0.395. The molecule has 7 heteroatoms. The van der Waals surface area contributed by atoms with Crippen molar-refractivity contribution in [3.8, 4) is 0 Å². The Labute approximate surface area is 170 Å². The minimum Gasteiger partial charge on any atom is -0.381 e. The Balaban J connectivity index is 0.00000576. The Morgan fingerprint density at radius 3 is 2.52 bits per heavy atom. The first-order chi connectivity index (χ1) is 11.8. The van der Waals surface area contributed by atoms with Gasteiger partial charge >= 0.3 is 0 Å². The van der Waals surface area contributed by atoms with Crippen LogP contribution in [0.3, 0.4) is 0 Å². The number of guanidine groups is 1. The average molecular weight is 468 g/mol. The zero-order valence-corrected chi connectivity index (χ0v) is 18.3. The van der Waals surface area contributed by atoms with E-state index in [1.54, 1.807) is 0 Å². The fourth-order valence-electron chi connectivity index (χ4n) is 2.71. The van der Waals surface area contributed by atoms with Crippen LogP contribution < -0.4 is 16.0 Å². The number of nitrogens with zero attached hydrogens (tertiary/aromatic N) is 1. The van der Waals surface area contributed by atoms with Crippen LogP contribution in [0.2, 0.25) is 0 Å². The second-order valence-electron chi connectivity index (χ2n) is 6.31. The summed E-state index contributed by atoms with van der Waals surface area (Å²) in [4.78, 5) is 16.4. The standard InChI is InChI=1S/C18H36N4O2.HI/c1-3-5-14-24-15-8-12-20-18(19-4-2)21-13-11-17(23)22-16-9-6-7-10-16;/h16H,3-15H2,1-2H3,(H,22,23)(H2,19,20,21);1H. The molecule has 3 N–H and O–H groups in total. The lowest BCUT2D eigenvalue weighted by atomic mass is 10.2. The van der Waals surface area contributed by atoms with E-state index in [9.17, 15) is 4.79 Å². The van der Waals surface area contributed by atoms with Gasteiger partial charge in [-0.2, -0.15) is 0 Å². The van der Waals surface area contributed by atoms with E-state index in [-0.39, 0.29) is 29.9 Å². The van der Waals surface area contributed by atoms with Gasteiger partial charge in [-0.15, -0.1) is 24.0 Å². The number of rotatable bonds is 12. The molecule has 0 atom stereocenters. The zero-order valence-electron chi connectivity index (χ0n) is 15.9. The third kappa shape index (κ3) is 13.3. The van der Waals surface area contributed by atoms with Crippen molar-refractivity contribution in [2.45, 2.75) is 71.3 Å². The summed E-state index contributed by atoms with van der Waals surface area (Å²) in [7, 11) is 0. The first kappa shape index (κ1) is 24.4. The molecule has 0 unspecified atom stereocenters. The van der Waals surface area contributed by atoms with E-state index in [2.05, 4.69) is 27.9 Å². The molecule has 0 aromatic rings. The van der Waals surface area contributed by atoms with Crippen LogP contribution in [0.4, 0.5) is 0 Å². The molecular formula is C18H37IN4O2. The monoisotopic (exact) mass is 468 g/mol. The third-order valence-electron chi connectivity index (χ3n) is 4.07. The summed E-state index contributed by atoms with van der Waals surface area (Å²) in [5.41, 5.74) is 0. The van der Waals surface area contributed by atoms with Crippen LogP contribution in [0, 0.1) is 0 Å². The summed E-state index contributed by atoms with van der Waals surface area (Å²) in [5.74, 6) is 0.911. The second kappa shape index (κ2) is 16.9. The SMILES string of the molecule is CCCCOCCCN=C(NCC)NCCC(=O)NC1CCCC1.I. The number of nitrogens with one attached hydrogen (secondary N) is 3. The van der Waals surface area contributed by atoms with Gasteiger partial charge in [0.1, 0.15) is 0 Å². The van der Waals surface area contributed by atoms with Crippen LogP contribution in [0.25, 0.3) is 0 Å². The van der Waals surface area contributed by atoms with E-state index in [1.807, 2.05) is 6.92 Å². The fraction of sp³-hybridized carbons (Fsp3) is 0.889. The Morgan fingerprint density at radius 2 is 1.84 bits per heavy atom. The number of amides is 1. The average Bonchev–Trinajstić information content (AvgIpc) is 3.06. The molecule has 0 heterocycles. The third-order valence-corrected chi connectivity index (χ3v) is 4.07. The lowest BCUT2D eigenvalue weighted by molar-refractivity contribution is -0.121. The Bertz CT molecular complexity index is 361. The molecule has 0 saturated heterocycles. The number of hydrogen-bond donors (Lipinski definition) is 3. The van der Waals surface area contributed by atoms with Crippen LogP contribution >= 0.6 is 24.0 Å². The van der Waals surface area contributed by atoms with Crippen LogP contribution in [0.5, 0.6) is 0 Å². The molecule has 0 bridgehead atoms. The van der Waals surface area contributed by atoms with Gasteiger partial charge in [-0.3, -0.25) is 9.79 Å². The van der Waals surface area contributed by atoms with E-state index >= 15 is 0 Å². The molecule has 1 fully saturated rings. The van der Waals surface area contributed by atoms with Crippen LogP contribution in [0.1, 0.15) is 65.2 Å². The van der Waals surface area contributed by atoms with Crippen molar-refractivity contribution in [2.75, 3.05) is 32.8 Å². The Morgan fingerprint density at radius 1 is 1.12 bits per heavy atom. The molecular weight excluding hydrogens is 431 g/mol. The maximum atomic E-state index is 11.9. The lowest BCUT2D eigenvalue weighted by Gasteiger charge is -2.13. The minimum atomic E-state index is 0. The van der Waals surface area contributed by atoms with Gasteiger partial charge in [-0.1, -0.05) is 26.2 Å². The van der Waals surface area contributed by atoms with Gasteiger partial charge in [-0.05, 0) is 32.6 Å². The van der Waals surface area contributed by atoms with Crippen LogP contribution in [0.15, 0.2) is 4.99 Å². The van der Waals surface area contributed by atoms with E-state index in [0.717, 1.165) is 57.9 Å². The van der Waals surface area contributed by atoms with Gasteiger partial charge < -0.3 is 20.7 Å². The number of hydrogen-bond acceptors (Lipinski definition) is 3. The molecule has 6 nitrogen and oxygen atoms in total. The summed E-state index contributed by atoms with van der Waals surface area (Å²) >= 11 is 0. The minimum absolute atomic E-state index is 0. The number of halogens is 1. The van der Waals surface area contributed by atoms with Crippen molar-refractivity contribution in [1.82, 2.24) is 16.0 Å². The second-order valence-corrected chi connectivity index (χ2v) is 6.31. The normalized spacial score (nSPS) is 14.9. The Kier molecular flexibility index (Phi) is 16.5. The van der Waals surface area contributed by atoms with Gasteiger partial charge in [-0.25, -0.2) is 0 Å². The highest BCUT2D eigenvalue weighted by molar-refractivity contribution is 14.0. The molecule has 25 heavy (non-hydrogen) atoms. The first-order valence-electron chi connectivity index (χ1n) is 9.65.